The maximum atomic E-state index is 12.5. The zero-order valence-electron chi connectivity index (χ0n) is 31.3. The van der Waals surface area contributed by atoms with E-state index >= 15 is 0 Å². The number of benzene rings is 1. The number of phosphoric acid groups is 3. The van der Waals surface area contributed by atoms with Gasteiger partial charge < -0.3 is 55.5 Å². The fourth-order valence-corrected chi connectivity index (χ4v) is 9.62. The molecule has 0 fully saturated rings. The topological polar surface area (TPSA) is 338 Å². The molecular formula is C29H47BN5O17P3S2. The predicted octanol–water partition coefficient (Wildman–Crippen LogP) is 1.38. The second kappa shape index (κ2) is 22.7. The summed E-state index contributed by atoms with van der Waals surface area (Å²) in [5, 5.41) is 24.0. The lowest BCUT2D eigenvalue weighted by atomic mass is 9.80. The zero-order chi connectivity index (χ0) is 43.1. The average molecular weight is 906 g/mol. The van der Waals surface area contributed by atoms with E-state index in [9.17, 15) is 47.9 Å². The molecule has 57 heavy (non-hydrogen) atoms. The standard InChI is InChI=1S/C29H47BN5O17P3S2/c1-5-49-29(4,19-50-54(44,45)52-55(46,47)51-53(41,42)43)23(13-16-35-17-14-24(31)34-27(35)38)48-20-56-57-28(2,3)18-33-25(36)8-6-7-15-32-26(37)21-9-11-22(12-10-21)30(39)40/h9-14,17,39-40H,5-8,15-16,18-20H2,1-4H3,(H,32,37)(H,33,36)(H,44,45)(H,46,47)(H2,31,34,38)(H2,41,42,43)/b23-13+. The minimum atomic E-state index is -5.79. The van der Waals surface area contributed by atoms with Crippen molar-refractivity contribution < 1.29 is 75.5 Å². The van der Waals surface area contributed by atoms with Gasteiger partial charge in [-0.2, -0.15) is 13.6 Å². The van der Waals surface area contributed by atoms with Crippen molar-refractivity contribution in [2.24, 2.45) is 0 Å². The van der Waals surface area contributed by atoms with Gasteiger partial charge in [-0.15, -0.1) is 0 Å². The van der Waals surface area contributed by atoms with Gasteiger partial charge in [-0.1, -0.05) is 33.7 Å². The second-order valence-electron chi connectivity index (χ2n) is 12.6. The normalized spacial score (nSPS) is 15.5. The van der Waals surface area contributed by atoms with Crippen LogP contribution in [-0.4, -0.2) is 101 Å². The van der Waals surface area contributed by atoms with Gasteiger partial charge >= 0.3 is 36.3 Å². The highest BCUT2D eigenvalue weighted by atomic mass is 33.1. The molecular weight excluding hydrogens is 858 g/mol. The molecule has 1 aromatic heterocycles. The molecule has 320 valence electrons. The molecule has 22 nitrogen and oxygen atoms in total. The van der Waals surface area contributed by atoms with E-state index in [1.54, 1.807) is 6.92 Å². The van der Waals surface area contributed by atoms with Crippen molar-refractivity contribution >= 4 is 75.3 Å². The molecule has 28 heteroatoms. The van der Waals surface area contributed by atoms with Crippen molar-refractivity contribution in [3.63, 3.8) is 0 Å². The lowest BCUT2D eigenvalue weighted by Gasteiger charge is -2.32. The predicted molar refractivity (Wildman–Crippen MR) is 212 cm³/mol. The number of anilines is 1. The van der Waals surface area contributed by atoms with Gasteiger partial charge in [0.2, 0.25) is 5.91 Å². The van der Waals surface area contributed by atoms with Gasteiger partial charge in [-0.3, -0.25) is 18.7 Å². The van der Waals surface area contributed by atoms with Crippen LogP contribution in [0.15, 0.2) is 53.2 Å². The molecule has 0 saturated heterocycles. The number of amides is 2. The summed E-state index contributed by atoms with van der Waals surface area (Å²) in [5.74, 6) is -0.676. The number of carbonyl (C=O) groups is 2. The summed E-state index contributed by atoms with van der Waals surface area (Å²) >= 11 is 0. The van der Waals surface area contributed by atoms with E-state index in [0.717, 1.165) is 4.57 Å². The summed E-state index contributed by atoms with van der Waals surface area (Å²) in [4.78, 5) is 78.0. The van der Waals surface area contributed by atoms with E-state index in [1.165, 1.54) is 71.1 Å². The number of hydrogen-bond acceptors (Lipinski definition) is 17. The van der Waals surface area contributed by atoms with Crippen LogP contribution >= 0.6 is 45.1 Å². The third kappa shape index (κ3) is 19.8. The highest BCUT2D eigenvalue weighted by molar-refractivity contribution is 8.77. The summed E-state index contributed by atoms with van der Waals surface area (Å²) in [7, 11) is -16.0. The number of nitrogens with two attached hydrogens (primary N) is 1. The Bertz CT molecular complexity index is 1890. The number of nitrogen functional groups attached to an aromatic ring is 1. The Balaban J connectivity index is 1.98. The van der Waals surface area contributed by atoms with Crippen molar-refractivity contribution in [1.82, 2.24) is 20.2 Å². The summed E-state index contributed by atoms with van der Waals surface area (Å²) in [5.41, 5.74) is 3.74. The van der Waals surface area contributed by atoms with Crippen LogP contribution in [0.2, 0.25) is 0 Å². The molecule has 1 aromatic carbocycles. The minimum Gasteiger partial charge on any atom is -0.484 e. The summed E-state index contributed by atoms with van der Waals surface area (Å²) in [6, 6.07) is 7.20. The average Bonchev–Trinajstić information content (AvgIpc) is 3.08. The molecule has 2 amide bonds. The largest absolute Gasteiger partial charge is 0.490 e. The lowest BCUT2D eigenvalue weighted by molar-refractivity contribution is -0.121. The summed E-state index contributed by atoms with van der Waals surface area (Å²) in [6.45, 7) is 6.21. The maximum absolute atomic E-state index is 12.5. The van der Waals surface area contributed by atoms with Crippen LogP contribution in [-0.2, 0) is 47.7 Å². The number of unbranched alkanes of at least 4 members (excludes halogenated alkanes) is 1. The molecule has 3 unspecified atom stereocenters. The molecule has 0 aliphatic rings. The van der Waals surface area contributed by atoms with E-state index in [2.05, 4.69) is 24.2 Å². The number of ether oxygens (including phenoxy) is 2. The maximum Gasteiger partial charge on any atom is 0.490 e. The van der Waals surface area contributed by atoms with Gasteiger partial charge in [0.15, 0.2) is 0 Å². The Morgan fingerprint density at radius 1 is 1.00 bits per heavy atom. The lowest BCUT2D eigenvalue weighted by Crippen LogP contribution is -2.38. The van der Waals surface area contributed by atoms with Crippen LogP contribution in [0.5, 0.6) is 0 Å². The molecule has 0 saturated carbocycles. The van der Waals surface area contributed by atoms with E-state index in [-0.39, 0.29) is 60.9 Å². The first-order valence-corrected chi connectivity index (χ1v) is 23.6. The third-order valence-electron chi connectivity index (χ3n) is 7.12. The van der Waals surface area contributed by atoms with Crippen LogP contribution in [0.4, 0.5) is 5.82 Å². The number of aromatic nitrogens is 2. The van der Waals surface area contributed by atoms with E-state index in [4.69, 9.17) is 29.5 Å². The fraction of sp³-hybridized carbons (Fsp3) is 0.517. The molecule has 1 heterocycles. The van der Waals surface area contributed by atoms with Gasteiger partial charge in [-0.05, 0) is 70.3 Å². The number of nitrogens with one attached hydrogen (secondary N) is 2. The van der Waals surface area contributed by atoms with Crippen LogP contribution in [0.25, 0.3) is 0 Å². The van der Waals surface area contributed by atoms with Gasteiger partial charge in [-0.25, -0.2) is 18.5 Å². The number of hydrogen-bond donors (Lipinski definition) is 9. The molecule has 0 radical (unpaired) electrons. The first-order valence-electron chi connectivity index (χ1n) is 16.8. The Morgan fingerprint density at radius 2 is 1.67 bits per heavy atom. The van der Waals surface area contributed by atoms with E-state index < -0.39 is 53.2 Å². The first kappa shape index (κ1) is 50.6. The Labute approximate surface area is 336 Å². The molecule has 0 bridgehead atoms. The van der Waals surface area contributed by atoms with Crippen molar-refractivity contribution in [2.45, 2.75) is 63.9 Å². The van der Waals surface area contributed by atoms with E-state index in [0.29, 0.717) is 24.9 Å². The fourth-order valence-electron chi connectivity index (χ4n) is 4.42. The van der Waals surface area contributed by atoms with Crippen LogP contribution in [0.3, 0.4) is 0 Å². The van der Waals surface area contributed by atoms with Gasteiger partial charge in [0.1, 0.15) is 23.1 Å². The van der Waals surface area contributed by atoms with Gasteiger partial charge in [0.25, 0.3) is 5.91 Å². The van der Waals surface area contributed by atoms with Gasteiger partial charge in [0.05, 0.1) is 6.61 Å². The highest BCUT2D eigenvalue weighted by Gasteiger charge is 2.43. The molecule has 0 aliphatic carbocycles. The van der Waals surface area contributed by atoms with Crippen LogP contribution in [0.1, 0.15) is 57.3 Å². The quantitative estimate of drug-likeness (QED) is 0.0161. The highest BCUT2D eigenvalue weighted by Crippen LogP contribution is 2.66. The van der Waals surface area contributed by atoms with Crippen LogP contribution < -0.4 is 27.5 Å². The summed E-state index contributed by atoms with van der Waals surface area (Å²) < 4.78 is 60.2. The van der Waals surface area contributed by atoms with Gasteiger partial charge in [0, 0.05) is 49.2 Å². The van der Waals surface area contributed by atoms with Crippen molar-refractivity contribution in [3.05, 3.63) is 64.4 Å². The Hall–Kier alpha value is -2.57. The van der Waals surface area contributed by atoms with Crippen molar-refractivity contribution in [2.75, 3.05) is 38.0 Å². The van der Waals surface area contributed by atoms with Crippen molar-refractivity contribution in [1.29, 1.82) is 0 Å². The Morgan fingerprint density at radius 3 is 2.26 bits per heavy atom. The van der Waals surface area contributed by atoms with Crippen LogP contribution in [0, 0.1) is 0 Å². The third-order valence-corrected chi connectivity index (χ3v) is 13.8. The smallest absolute Gasteiger partial charge is 0.484 e. The molecule has 3 atom stereocenters. The number of phosphoric ester groups is 1. The molecule has 10 N–H and O–H groups in total. The summed E-state index contributed by atoms with van der Waals surface area (Å²) in [6.07, 6.45) is 4.01. The van der Waals surface area contributed by atoms with Crippen molar-refractivity contribution in [3.8, 4) is 0 Å². The monoisotopic (exact) mass is 905 g/mol. The minimum absolute atomic E-state index is 0.0214. The zero-order valence-corrected chi connectivity index (χ0v) is 35.6. The number of carbonyl (C=O) groups excluding carboxylic acids is 2. The van der Waals surface area contributed by atoms with E-state index in [1.807, 2.05) is 13.8 Å². The number of allylic oxidation sites excluding steroid dienone is 1. The second-order valence-corrected chi connectivity index (χ2v) is 20.0. The molecule has 0 aliphatic heterocycles. The molecule has 2 aromatic rings. The molecule has 2 rings (SSSR count). The Kier molecular flexibility index (Phi) is 20.1. The molecule has 0 spiro atoms. The first-order chi connectivity index (χ1) is 26.4. The SMILES string of the molecule is CCOC(C)(COP(=O)(O)OP(=O)(O)OP(=O)(O)O)/C(=C\Cn1ccc(N)nc1=O)OCSSC(C)(C)CNC(=O)CCCCNC(=O)c1ccc(B(O)O)cc1. The number of rotatable bonds is 26. The number of nitrogens with zero attached hydrogens (tertiary/aromatic N) is 2.